The summed E-state index contributed by atoms with van der Waals surface area (Å²) < 4.78 is 10.8. The number of nitrogens with zero attached hydrogens (tertiary/aromatic N) is 1. The quantitative estimate of drug-likeness (QED) is 0.496. The van der Waals surface area contributed by atoms with Gasteiger partial charge in [-0.1, -0.05) is 18.2 Å². The van der Waals surface area contributed by atoms with Gasteiger partial charge in [0.05, 0.1) is 25.4 Å². The number of carbonyl (C=O) groups excluding carboxylic acids is 2. The van der Waals surface area contributed by atoms with Crippen LogP contribution in [-0.4, -0.2) is 66.1 Å². The van der Waals surface area contributed by atoms with Crippen molar-refractivity contribution in [3.8, 4) is 0 Å². The van der Waals surface area contributed by atoms with E-state index in [-0.39, 0.29) is 18.3 Å². The van der Waals surface area contributed by atoms with E-state index in [0.29, 0.717) is 31.9 Å². The number of hydrogen-bond acceptors (Lipinski definition) is 6. The predicted octanol–water partition coefficient (Wildman–Crippen LogP) is -0.423. The monoisotopic (exact) mass is 372 g/mol. The summed E-state index contributed by atoms with van der Waals surface area (Å²) in [5.74, 6) is -1.95. The van der Waals surface area contributed by atoms with E-state index in [0.717, 1.165) is 10.9 Å². The van der Waals surface area contributed by atoms with Gasteiger partial charge in [-0.15, -0.1) is 0 Å². The van der Waals surface area contributed by atoms with E-state index in [1.54, 1.807) is 6.07 Å². The molecule has 2 aliphatic rings. The van der Waals surface area contributed by atoms with Gasteiger partial charge in [0.15, 0.2) is 0 Å². The van der Waals surface area contributed by atoms with Crippen LogP contribution in [0.5, 0.6) is 0 Å². The third-order valence-corrected chi connectivity index (χ3v) is 5.40. The molecule has 2 aliphatic heterocycles. The molecule has 0 radical (unpaired) electrons. The molecule has 0 spiro atoms. The van der Waals surface area contributed by atoms with Gasteiger partial charge in [0, 0.05) is 30.3 Å². The van der Waals surface area contributed by atoms with Crippen LogP contribution in [0.1, 0.15) is 5.56 Å². The average molecular weight is 372 g/mol. The fraction of sp³-hybridized carbons (Fsp3) is 0.444. The Labute approximate surface area is 156 Å². The molecular formula is C18H21BN2O6. The van der Waals surface area contributed by atoms with Crippen LogP contribution < -0.4 is 5.32 Å². The second kappa shape index (κ2) is 7.34. The Morgan fingerprint density at radius 1 is 1.22 bits per heavy atom. The van der Waals surface area contributed by atoms with E-state index in [9.17, 15) is 19.6 Å². The smallest absolute Gasteiger partial charge is 0.464 e. The average Bonchev–Trinajstić information content (AvgIpc) is 3.35. The van der Waals surface area contributed by atoms with Crippen LogP contribution in [0.4, 0.5) is 0 Å². The number of fused-ring (bicyclic) bond motifs is 2. The third-order valence-electron chi connectivity index (χ3n) is 5.40. The molecule has 0 saturated carbocycles. The number of amides is 2. The molecule has 27 heavy (non-hydrogen) atoms. The number of para-hydroxylation sites is 1. The fourth-order valence-corrected chi connectivity index (χ4v) is 3.89. The number of ether oxygens (including phenoxy) is 1. The number of hydrogen-bond donors (Lipinski definition) is 3. The molecule has 3 atom stereocenters. The number of rotatable bonds is 4. The number of nitrogens with one attached hydrogen (secondary N) is 1. The summed E-state index contributed by atoms with van der Waals surface area (Å²) in [6.07, 6.45) is 1.66. The Balaban J connectivity index is 1.42. The lowest BCUT2D eigenvalue weighted by molar-refractivity contribution is -0.145. The molecule has 1 aromatic carbocycles. The van der Waals surface area contributed by atoms with Crippen LogP contribution in [0.15, 0.2) is 34.9 Å². The highest BCUT2D eigenvalue weighted by Gasteiger charge is 2.41. The highest BCUT2D eigenvalue weighted by atomic mass is 16.5. The van der Waals surface area contributed by atoms with Crippen LogP contribution in [0.25, 0.3) is 11.0 Å². The van der Waals surface area contributed by atoms with Crippen LogP contribution in [-0.2, 0) is 20.7 Å². The summed E-state index contributed by atoms with van der Waals surface area (Å²) in [6.45, 7) is 2.22. The van der Waals surface area contributed by atoms with Crippen molar-refractivity contribution in [3.05, 3.63) is 36.1 Å². The fourth-order valence-electron chi connectivity index (χ4n) is 3.89. The standard InChI is InChI=1S/C18H21BN2O6/c22-17(18(23)21-6-12-8-26-9-13(12)7-21)20-16(19(24)25)5-11-10-27-15-4-2-1-3-14(11)15/h1-4,10,12-13,16,24-25H,5-9H2,(H,20,22). The van der Waals surface area contributed by atoms with Crippen LogP contribution in [0.2, 0.25) is 0 Å². The minimum absolute atomic E-state index is 0.132. The van der Waals surface area contributed by atoms with Gasteiger partial charge < -0.3 is 29.4 Å². The molecule has 8 nitrogen and oxygen atoms in total. The van der Waals surface area contributed by atoms with Gasteiger partial charge >= 0.3 is 18.9 Å². The molecule has 2 fully saturated rings. The maximum Gasteiger partial charge on any atom is 0.475 e. The van der Waals surface area contributed by atoms with Gasteiger partial charge in [-0.25, -0.2) is 0 Å². The summed E-state index contributed by atoms with van der Waals surface area (Å²) >= 11 is 0. The zero-order valence-corrected chi connectivity index (χ0v) is 14.7. The first kappa shape index (κ1) is 18.0. The second-order valence-electron chi connectivity index (χ2n) is 7.22. The van der Waals surface area contributed by atoms with E-state index >= 15 is 0 Å². The predicted molar refractivity (Wildman–Crippen MR) is 96.4 cm³/mol. The molecule has 142 valence electrons. The maximum absolute atomic E-state index is 12.4. The van der Waals surface area contributed by atoms with Gasteiger partial charge in [-0.3, -0.25) is 9.59 Å². The van der Waals surface area contributed by atoms with Crippen molar-refractivity contribution in [2.75, 3.05) is 26.3 Å². The summed E-state index contributed by atoms with van der Waals surface area (Å²) in [5, 5.41) is 22.6. The zero-order valence-electron chi connectivity index (χ0n) is 14.7. The SMILES string of the molecule is O=C(NC(Cc1coc2ccccc12)B(O)O)C(=O)N1CC2COCC2C1. The Kier molecular flexibility index (Phi) is 4.90. The van der Waals surface area contributed by atoms with Crippen LogP contribution >= 0.6 is 0 Å². The van der Waals surface area contributed by atoms with E-state index in [1.807, 2.05) is 18.2 Å². The van der Waals surface area contributed by atoms with E-state index in [1.165, 1.54) is 11.2 Å². The van der Waals surface area contributed by atoms with Crippen LogP contribution in [0.3, 0.4) is 0 Å². The Hall–Kier alpha value is -2.36. The molecule has 2 saturated heterocycles. The summed E-state index contributed by atoms with van der Waals surface area (Å²) in [5.41, 5.74) is 1.40. The number of furan rings is 1. The van der Waals surface area contributed by atoms with Crippen molar-refractivity contribution in [3.63, 3.8) is 0 Å². The summed E-state index contributed by atoms with van der Waals surface area (Å²) in [7, 11) is -1.80. The van der Waals surface area contributed by atoms with E-state index in [2.05, 4.69) is 5.32 Å². The van der Waals surface area contributed by atoms with Gasteiger partial charge in [-0.05, 0) is 18.1 Å². The second-order valence-corrected chi connectivity index (χ2v) is 7.22. The lowest BCUT2D eigenvalue weighted by Gasteiger charge is -2.20. The lowest BCUT2D eigenvalue weighted by Crippen LogP contribution is -2.52. The molecule has 9 heteroatoms. The molecule has 2 aromatic rings. The molecule has 2 amide bonds. The van der Waals surface area contributed by atoms with E-state index in [4.69, 9.17) is 9.15 Å². The van der Waals surface area contributed by atoms with Crippen molar-refractivity contribution >= 4 is 29.9 Å². The van der Waals surface area contributed by atoms with Crippen LogP contribution in [0, 0.1) is 11.8 Å². The molecule has 3 heterocycles. The first-order valence-corrected chi connectivity index (χ1v) is 9.01. The van der Waals surface area contributed by atoms with Crippen molar-refractivity contribution in [2.24, 2.45) is 11.8 Å². The molecule has 0 bridgehead atoms. The first-order chi connectivity index (χ1) is 13.0. The summed E-state index contributed by atoms with van der Waals surface area (Å²) in [6, 6.07) is 7.35. The lowest BCUT2D eigenvalue weighted by atomic mass is 9.76. The van der Waals surface area contributed by atoms with Crippen molar-refractivity contribution in [1.29, 1.82) is 0 Å². The Bertz CT molecular complexity index is 841. The molecule has 3 unspecified atom stereocenters. The van der Waals surface area contributed by atoms with Gasteiger partial charge in [-0.2, -0.15) is 0 Å². The number of benzene rings is 1. The molecule has 0 aliphatic carbocycles. The molecular weight excluding hydrogens is 351 g/mol. The van der Waals surface area contributed by atoms with Crippen molar-refractivity contribution in [1.82, 2.24) is 10.2 Å². The van der Waals surface area contributed by atoms with Gasteiger partial charge in [0.25, 0.3) is 0 Å². The molecule has 1 aromatic heterocycles. The Morgan fingerprint density at radius 3 is 2.63 bits per heavy atom. The molecule has 3 N–H and O–H groups in total. The first-order valence-electron chi connectivity index (χ1n) is 9.01. The number of carbonyl (C=O) groups is 2. The maximum atomic E-state index is 12.4. The highest BCUT2D eigenvalue weighted by molar-refractivity contribution is 6.45. The van der Waals surface area contributed by atoms with Crippen molar-refractivity contribution < 1.29 is 28.8 Å². The minimum atomic E-state index is -1.80. The number of likely N-dealkylation sites (tertiary alicyclic amines) is 1. The highest BCUT2D eigenvalue weighted by Crippen LogP contribution is 2.29. The van der Waals surface area contributed by atoms with E-state index < -0.39 is 24.9 Å². The minimum Gasteiger partial charge on any atom is -0.464 e. The van der Waals surface area contributed by atoms with Gasteiger partial charge in [0.2, 0.25) is 0 Å². The van der Waals surface area contributed by atoms with Gasteiger partial charge in [0.1, 0.15) is 5.58 Å². The Morgan fingerprint density at radius 2 is 1.93 bits per heavy atom. The topological polar surface area (TPSA) is 112 Å². The largest absolute Gasteiger partial charge is 0.475 e. The zero-order chi connectivity index (χ0) is 19.0. The summed E-state index contributed by atoms with van der Waals surface area (Å²) in [4.78, 5) is 26.3. The normalized spacial score (nSPS) is 22.7. The van der Waals surface area contributed by atoms with Crippen molar-refractivity contribution in [2.45, 2.75) is 12.4 Å². The molecule has 4 rings (SSSR count). The third kappa shape index (κ3) is 3.58.